The van der Waals surface area contributed by atoms with Gasteiger partial charge in [-0.2, -0.15) is 0 Å². The Hall–Kier alpha value is -2.05. The summed E-state index contributed by atoms with van der Waals surface area (Å²) < 4.78 is 17.5. The third kappa shape index (κ3) is 2.61. The van der Waals surface area contributed by atoms with Crippen LogP contribution in [0.4, 0.5) is 4.39 Å². The largest absolute Gasteiger partial charge is 0.490 e. The summed E-state index contributed by atoms with van der Waals surface area (Å²) in [6.45, 7) is -0.752. The fourth-order valence-corrected chi connectivity index (χ4v) is 1.78. The average molecular weight is 244 g/mol. The molecule has 0 aromatic heterocycles. The van der Waals surface area contributed by atoms with Crippen molar-refractivity contribution in [3.8, 4) is 17.6 Å². The summed E-state index contributed by atoms with van der Waals surface area (Å²) in [6, 6.07) is 11.4. The number of halogens is 1. The fourth-order valence-electron chi connectivity index (χ4n) is 1.78. The van der Waals surface area contributed by atoms with E-state index in [0.29, 0.717) is 11.3 Å². The van der Waals surface area contributed by atoms with Crippen LogP contribution in [-0.2, 0) is 0 Å². The number of benzene rings is 2. The highest BCUT2D eigenvalue weighted by Crippen LogP contribution is 2.27. The molecule has 0 spiro atoms. The maximum Gasteiger partial charge on any atom is 0.135 e. The topological polar surface area (TPSA) is 29.5 Å². The van der Waals surface area contributed by atoms with Crippen molar-refractivity contribution >= 4 is 10.8 Å². The molecule has 0 unspecified atom stereocenters. The molecule has 0 bridgehead atoms. The van der Waals surface area contributed by atoms with E-state index in [1.807, 2.05) is 30.3 Å². The SMILES string of the molecule is OCC#Cc1c(OCCF)ccc2ccccc12. The minimum absolute atomic E-state index is 0.00610. The van der Waals surface area contributed by atoms with Gasteiger partial charge in [-0.15, -0.1) is 0 Å². The number of ether oxygens (including phenoxy) is 1. The van der Waals surface area contributed by atoms with E-state index < -0.39 is 6.67 Å². The van der Waals surface area contributed by atoms with Gasteiger partial charge in [-0.25, -0.2) is 4.39 Å². The third-order valence-electron chi connectivity index (χ3n) is 2.52. The Kier molecular flexibility index (Phi) is 4.16. The molecule has 0 aliphatic heterocycles. The molecule has 2 aromatic carbocycles. The molecule has 0 saturated heterocycles. The van der Waals surface area contributed by atoms with Crippen LogP contribution in [0, 0.1) is 11.8 Å². The number of hydrogen-bond donors (Lipinski definition) is 1. The van der Waals surface area contributed by atoms with Crippen molar-refractivity contribution in [3.05, 3.63) is 42.0 Å². The first kappa shape index (κ1) is 12.4. The molecule has 2 aromatic rings. The van der Waals surface area contributed by atoms with E-state index in [2.05, 4.69) is 11.8 Å². The summed E-state index contributed by atoms with van der Waals surface area (Å²) in [5, 5.41) is 10.8. The molecule has 0 aliphatic rings. The molecule has 3 heteroatoms. The minimum atomic E-state index is -0.542. The summed E-state index contributed by atoms with van der Waals surface area (Å²) in [6.07, 6.45) is 0. The van der Waals surface area contributed by atoms with Crippen LogP contribution in [0.15, 0.2) is 36.4 Å². The molecule has 0 amide bonds. The van der Waals surface area contributed by atoms with Crippen molar-refractivity contribution in [2.24, 2.45) is 0 Å². The summed E-state index contributed by atoms with van der Waals surface area (Å²) in [5.41, 5.74) is 0.690. The van der Waals surface area contributed by atoms with Crippen molar-refractivity contribution in [2.75, 3.05) is 19.9 Å². The molecule has 1 N–H and O–H groups in total. The molecule has 0 radical (unpaired) electrons. The van der Waals surface area contributed by atoms with Gasteiger partial charge in [-0.1, -0.05) is 42.2 Å². The van der Waals surface area contributed by atoms with Gasteiger partial charge in [0.05, 0.1) is 5.56 Å². The van der Waals surface area contributed by atoms with Gasteiger partial charge in [0.2, 0.25) is 0 Å². The molecular weight excluding hydrogens is 231 g/mol. The standard InChI is InChI=1S/C15H13FO2/c16-9-11-18-15-8-7-12-4-1-2-5-13(12)14(15)6-3-10-17/h1-2,4-5,7-8,17H,9-11H2. The second kappa shape index (κ2) is 6.04. The van der Waals surface area contributed by atoms with E-state index in [4.69, 9.17) is 9.84 Å². The fraction of sp³-hybridized carbons (Fsp3) is 0.200. The second-order valence-corrected chi connectivity index (χ2v) is 3.66. The molecule has 2 nitrogen and oxygen atoms in total. The van der Waals surface area contributed by atoms with Crippen LogP contribution in [0.25, 0.3) is 10.8 Å². The van der Waals surface area contributed by atoms with Gasteiger partial charge in [0.15, 0.2) is 0 Å². The monoisotopic (exact) mass is 244 g/mol. The lowest BCUT2D eigenvalue weighted by molar-refractivity contribution is 0.273. The first-order chi connectivity index (χ1) is 8.86. The Labute approximate surface area is 105 Å². The Morgan fingerprint density at radius 2 is 2.00 bits per heavy atom. The van der Waals surface area contributed by atoms with Crippen LogP contribution < -0.4 is 4.74 Å². The zero-order valence-electron chi connectivity index (χ0n) is 9.82. The van der Waals surface area contributed by atoms with Crippen LogP contribution in [0.3, 0.4) is 0 Å². The molecule has 0 atom stereocenters. The molecule has 0 aliphatic carbocycles. The molecule has 0 saturated carbocycles. The van der Waals surface area contributed by atoms with E-state index in [1.165, 1.54) is 0 Å². The number of rotatable bonds is 3. The van der Waals surface area contributed by atoms with Crippen LogP contribution >= 0.6 is 0 Å². The van der Waals surface area contributed by atoms with Crippen LogP contribution in [0.2, 0.25) is 0 Å². The number of alkyl halides is 1. The lowest BCUT2D eigenvalue weighted by atomic mass is 10.0. The number of fused-ring (bicyclic) bond motifs is 1. The van der Waals surface area contributed by atoms with Gasteiger partial charge in [0.1, 0.15) is 25.6 Å². The number of aliphatic hydroxyl groups is 1. The van der Waals surface area contributed by atoms with Crippen LogP contribution in [-0.4, -0.2) is 25.0 Å². The highest BCUT2D eigenvalue weighted by molar-refractivity contribution is 5.90. The highest BCUT2D eigenvalue weighted by atomic mass is 19.1. The smallest absolute Gasteiger partial charge is 0.135 e. The lowest BCUT2D eigenvalue weighted by Gasteiger charge is -2.09. The van der Waals surface area contributed by atoms with E-state index >= 15 is 0 Å². The Morgan fingerprint density at radius 1 is 1.17 bits per heavy atom. The first-order valence-corrected chi connectivity index (χ1v) is 5.67. The van der Waals surface area contributed by atoms with Crippen molar-refractivity contribution in [3.63, 3.8) is 0 Å². The van der Waals surface area contributed by atoms with Crippen molar-refractivity contribution < 1.29 is 14.2 Å². The van der Waals surface area contributed by atoms with Gasteiger partial charge >= 0.3 is 0 Å². The molecule has 18 heavy (non-hydrogen) atoms. The van der Waals surface area contributed by atoms with Gasteiger partial charge in [0, 0.05) is 5.39 Å². The van der Waals surface area contributed by atoms with Gasteiger partial charge in [-0.05, 0) is 11.5 Å². The summed E-state index contributed by atoms with van der Waals surface area (Å²) in [5.74, 6) is 6.02. The zero-order valence-corrected chi connectivity index (χ0v) is 9.82. The van der Waals surface area contributed by atoms with Gasteiger partial charge in [-0.3, -0.25) is 0 Å². The van der Waals surface area contributed by atoms with Crippen molar-refractivity contribution in [1.82, 2.24) is 0 Å². The summed E-state index contributed by atoms with van der Waals surface area (Å²) in [4.78, 5) is 0. The van der Waals surface area contributed by atoms with Crippen LogP contribution in [0.5, 0.6) is 5.75 Å². The predicted molar refractivity (Wildman–Crippen MR) is 69.4 cm³/mol. The molecule has 2 rings (SSSR count). The predicted octanol–water partition coefficient (Wildman–Crippen LogP) is 2.53. The maximum absolute atomic E-state index is 12.2. The van der Waals surface area contributed by atoms with Gasteiger partial charge < -0.3 is 9.84 Å². The second-order valence-electron chi connectivity index (χ2n) is 3.66. The maximum atomic E-state index is 12.2. The lowest BCUT2D eigenvalue weighted by Crippen LogP contribution is -2.00. The number of aliphatic hydroxyl groups excluding tert-OH is 1. The van der Waals surface area contributed by atoms with Crippen molar-refractivity contribution in [2.45, 2.75) is 0 Å². The van der Waals surface area contributed by atoms with E-state index in [1.54, 1.807) is 6.07 Å². The Bertz CT molecular complexity index is 596. The normalized spacial score (nSPS) is 9.89. The molecule has 92 valence electrons. The third-order valence-corrected chi connectivity index (χ3v) is 2.52. The zero-order chi connectivity index (χ0) is 12.8. The summed E-state index contributed by atoms with van der Waals surface area (Å²) >= 11 is 0. The van der Waals surface area contributed by atoms with Crippen molar-refractivity contribution in [1.29, 1.82) is 0 Å². The van der Waals surface area contributed by atoms with Crippen LogP contribution in [0.1, 0.15) is 5.56 Å². The molecule has 0 heterocycles. The summed E-state index contributed by atoms with van der Waals surface area (Å²) in [7, 11) is 0. The first-order valence-electron chi connectivity index (χ1n) is 5.67. The quantitative estimate of drug-likeness (QED) is 0.841. The molecular formula is C15H13FO2. The van der Waals surface area contributed by atoms with E-state index in [0.717, 1.165) is 10.8 Å². The Morgan fingerprint density at radius 3 is 2.78 bits per heavy atom. The van der Waals surface area contributed by atoms with E-state index in [-0.39, 0.29) is 13.2 Å². The minimum Gasteiger partial charge on any atom is -0.490 e. The molecule has 0 fully saturated rings. The van der Waals surface area contributed by atoms with E-state index in [9.17, 15) is 4.39 Å². The number of hydrogen-bond acceptors (Lipinski definition) is 2. The average Bonchev–Trinajstić information content (AvgIpc) is 2.43. The Balaban J connectivity index is 2.55. The highest BCUT2D eigenvalue weighted by Gasteiger charge is 2.06. The van der Waals surface area contributed by atoms with Gasteiger partial charge in [0.25, 0.3) is 0 Å².